The van der Waals surface area contributed by atoms with E-state index in [2.05, 4.69) is 5.32 Å². The van der Waals surface area contributed by atoms with Gasteiger partial charge in [-0.15, -0.1) is 11.6 Å². The van der Waals surface area contributed by atoms with E-state index in [1.807, 2.05) is 6.07 Å². The number of hydrogen-bond donors (Lipinski definition) is 1. The predicted molar refractivity (Wildman–Crippen MR) is 69.3 cm³/mol. The maximum atomic E-state index is 12.0. The Labute approximate surface area is 111 Å². The van der Waals surface area contributed by atoms with Crippen LogP contribution in [0.2, 0.25) is 0 Å². The maximum absolute atomic E-state index is 12.0. The summed E-state index contributed by atoms with van der Waals surface area (Å²) in [4.78, 5) is 23.6. The van der Waals surface area contributed by atoms with E-state index >= 15 is 0 Å². The largest absolute Gasteiger partial charge is 0.467 e. The summed E-state index contributed by atoms with van der Waals surface area (Å²) < 4.78 is 4.81. The number of methoxy groups -OCH3 is 1. The van der Waals surface area contributed by atoms with Crippen molar-refractivity contribution in [3.63, 3.8) is 0 Å². The quantitative estimate of drug-likeness (QED) is 0.655. The van der Waals surface area contributed by atoms with Crippen LogP contribution in [0, 0.1) is 0 Å². The van der Waals surface area contributed by atoms with Crippen LogP contribution in [0.1, 0.15) is 18.9 Å². The van der Waals surface area contributed by atoms with E-state index < -0.39 is 17.4 Å². The van der Waals surface area contributed by atoms with Crippen LogP contribution in [0.4, 0.5) is 0 Å². The normalized spacial score (nSPS) is 13.5. The molecule has 1 amide bonds. The lowest BCUT2D eigenvalue weighted by atomic mass is 9.87. The first-order chi connectivity index (χ1) is 8.60. The highest BCUT2D eigenvalue weighted by molar-refractivity contribution is 6.27. The molecule has 1 rings (SSSR count). The molecule has 1 aromatic carbocycles. The minimum absolute atomic E-state index is 0.203. The van der Waals surface area contributed by atoms with Gasteiger partial charge in [0.25, 0.3) is 0 Å². The first-order valence-electron chi connectivity index (χ1n) is 5.61. The van der Waals surface area contributed by atoms with Gasteiger partial charge in [0.15, 0.2) is 5.54 Å². The Balaban J connectivity index is 3.22. The van der Waals surface area contributed by atoms with Gasteiger partial charge in [0.2, 0.25) is 5.91 Å². The molecule has 0 spiro atoms. The van der Waals surface area contributed by atoms with E-state index in [9.17, 15) is 9.59 Å². The van der Waals surface area contributed by atoms with Crippen LogP contribution in [0.5, 0.6) is 0 Å². The van der Waals surface area contributed by atoms with Crippen molar-refractivity contribution in [1.29, 1.82) is 0 Å². The lowest BCUT2D eigenvalue weighted by Gasteiger charge is -2.31. The zero-order valence-corrected chi connectivity index (χ0v) is 11.2. The number of rotatable bonds is 5. The van der Waals surface area contributed by atoms with Gasteiger partial charge in [0, 0.05) is 0 Å². The van der Waals surface area contributed by atoms with Crippen molar-refractivity contribution in [2.24, 2.45) is 0 Å². The molecule has 4 nitrogen and oxygen atoms in total. The molecule has 1 aromatic rings. The van der Waals surface area contributed by atoms with Gasteiger partial charge in [-0.25, -0.2) is 4.79 Å². The summed E-state index contributed by atoms with van der Waals surface area (Å²) in [6.45, 7) is 1.80. The first kappa shape index (κ1) is 14.5. The number of nitrogens with one attached hydrogen (secondary N) is 1. The summed E-state index contributed by atoms with van der Waals surface area (Å²) in [6, 6.07) is 8.99. The Morgan fingerprint density at radius 3 is 2.39 bits per heavy atom. The zero-order valence-electron chi connectivity index (χ0n) is 10.4. The van der Waals surface area contributed by atoms with Crippen LogP contribution in [0.25, 0.3) is 0 Å². The van der Waals surface area contributed by atoms with E-state index in [0.29, 0.717) is 12.0 Å². The summed E-state index contributed by atoms with van der Waals surface area (Å²) in [5.41, 5.74) is -0.500. The van der Waals surface area contributed by atoms with Crippen LogP contribution in [0.3, 0.4) is 0 Å². The van der Waals surface area contributed by atoms with Crippen molar-refractivity contribution in [2.75, 3.05) is 13.0 Å². The summed E-state index contributed by atoms with van der Waals surface area (Å²) in [6.07, 6.45) is 0.381. The highest BCUT2D eigenvalue weighted by atomic mass is 35.5. The number of amides is 1. The molecular weight excluding hydrogens is 254 g/mol. The van der Waals surface area contributed by atoms with Crippen molar-refractivity contribution in [3.05, 3.63) is 35.9 Å². The average Bonchev–Trinajstić information content (AvgIpc) is 2.44. The fourth-order valence-electron chi connectivity index (χ4n) is 1.85. The fourth-order valence-corrected chi connectivity index (χ4v) is 1.91. The van der Waals surface area contributed by atoms with Gasteiger partial charge in [-0.05, 0) is 12.0 Å². The number of alkyl halides is 1. The van der Waals surface area contributed by atoms with Gasteiger partial charge in [-0.1, -0.05) is 37.3 Å². The third kappa shape index (κ3) is 2.82. The monoisotopic (exact) mass is 269 g/mol. The van der Waals surface area contributed by atoms with Gasteiger partial charge in [0.1, 0.15) is 5.88 Å². The minimum atomic E-state index is -1.18. The highest BCUT2D eigenvalue weighted by Crippen LogP contribution is 2.26. The van der Waals surface area contributed by atoms with Crippen LogP contribution in [-0.4, -0.2) is 24.9 Å². The van der Waals surface area contributed by atoms with Crippen LogP contribution in [0.15, 0.2) is 30.3 Å². The first-order valence-corrected chi connectivity index (χ1v) is 6.15. The Bertz CT molecular complexity index is 422. The third-order valence-corrected chi connectivity index (χ3v) is 3.05. The van der Waals surface area contributed by atoms with E-state index in [0.717, 1.165) is 0 Å². The molecule has 0 fully saturated rings. The van der Waals surface area contributed by atoms with E-state index in [4.69, 9.17) is 16.3 Å². The molecule has 0 radical (unpaired) electrons. The van der Waals surface area contributed by atoms with Gasteiger partial charge in [-0.3, -0.25) is 4.79 Å². The van der Waals surface area contributed by atoms with Crippen LogP contribution < -0.4 is 5.32 Å². The minimum Gasteiger partial charge on any atom is -0.467 e. The lowest BCUT2D eigenvalue weighted by molar-refractivity contribution is -0.151. The summed E-state index contributed by atoms with van der Waals surface area (Å²) >= 11 is 5.49. The standard InChI is InChI=1S/C13H16ClNO3/c1-3-13(12(17)18-2,15-11(16)9-14)10-7-5-4-6-8-10/h4-8H,3,9H2,1-2H3,(H,15,16). The van der Waals surface area contributed by atoms with Gasteiger partial charge in [-0.2, -0.15) is 0 Å². The number of benzene rings is 1. The number of esters is 1. The second kappa shape index (κ2) is 6.40. The Hall–Kier alpha value is -1.55. The second-order valence-corrected chi connectivity index (χ2v) is 4.07. The summed E-state index contributed by atoms with van der Waals surface area (Å²) in [5.74, 6) is -1.12. The molecule has 0 aliphatic rings. The number of halogens is 1. The maximum Gasteiger partial charge on any atom is 0.336 e. The van der Waals surface area contributed by atoms with Crippen molar-refractivity contribution in [3.8, 4) is 0 Å². The molecule has 1 unspecified atom stereocenters. The molecule has 98 valence electrons. The molecular formula is C13H16ClNO3. The molecule has 0 aromatic heterocycles. The smallest absolute Gasteiger partial charge is 0.336 e. The van der Waals surface area contributed by atoms with Crippen molar-refractivity contribution < 1.29 is 14.3 Å². The molecule has 0 saturated carbocycles. The fraction of sp³-hybridized carbons (Fsp3) is 0.385. The number of carbonyl (C=O) groups excluding carboxylic acids is 2. The molecule has 0 aliphatic carbocycles. The van der Waals surface area contributed by atoms with Crippen molar-refractivity contribution in [1.82, 2.24) is 5.32 Å². The molecule has 5 heteroatoms. The second-order valence-electron chi connectivity index (χ2n) is 3.80. The summed E-state index contributed by atoms with van der Waals surface area (Å²) in [7, 11) is 1.29. The Morgan fingerprint density at radius 2 is 1.94 bits per heavy atom. The van der Waals surface area contributed by atoms with Gasteiger partial charge >= 0.3 is 5.97 Å². The number of hydrogen-bond acceptors (Lipinski definition) is 3. The van der Waals surface area contributed by atoms with Gasteiger partial charge in [0.05, 0.1) is 7.11 Å². The van der Waals surface area contributed by atoms with Crippen LogP contribution >= 0.6 is 11.6 Å². The molecule has 1 atom stereocenters. The predicted octanol–water partition coefficient (Wildman–Crippen LogP) is 1.82. The number of carbonyl (C=O) groups is 2. The zero-order chi connectivity index (χ0) is 13.6. The van der Waals surface area contributed by atoms with Crippen molar-refractivity contribution >= 4 is 23.5 Å². The Kier molecular flexibility index (Phi) is 5.16. The summed E-state index contributed by atoms with van der Waals surface area (Å²) in [5, 5.41) is 2.65. The topological polar surface area (TPSA) is 55.4 Å². The van der Waals surface area contributed by atoms with E-state index in [-0.39, 0.29) is 5.88 Å². The van der Waals surface area contributed by atoms with Crippen LogP contribution in [-0.2, 0) is 19.9 Å². The van der Waals surface area contributed by atoms with E-state index in [1.165, 1.54) is 7.11 Å². The molecule has 1 N–H and O–H groups in total. The Morgan fingerprint density at radius 1 is 1.33 bits per heavy atom. The molecule has 0 bridgehead atoms. The van der Waals surface area contributed by atoms with Crippen molar-refractivity contribution in [2.45, 2.75) is 18.9 Å². The SMILES string of the molecule is CCC(NC(=O)CCl)(C(=O)OC)c1ccccc1. The highest BCUT2D eigenvalue weighted by Gasteiger charge is 2.40. The number of ether oxygens (including phenoxy) is 1. The lowest BCUT2D eigenvalue weighted by Crippen LogP contribution is -2.52. The average molecular weight is 270 g/mol. The molecule has 0 saturated heterocycles. The molecule has 18 heavy (non-hydrogen) atoms. The van der Waals surface area contributed by atoms with Gasteiger partial charge < -0.3 is 10.1 Å². The van der Waals surface area contributed by atoms with E-state index in [1.54, 1.807) is 31.2 Å². The molecule has 0 aliphatic heterocycles. The molecule has 0 heterocycles. The third-order valence-electron chi connectivity index (χ3n) is 2.80.